The van der Waals surface area contributed by atoms with Gasteiger partial charge in [-0.15, -0.1) is 0 Å². The number of aromatic nitrogens is 2. The standard InChI is InChI=1S/C20H28N4O/c1-13-11-14(2)24(23-13)19-9-7-16(8-10-19)15(3)22-20(25)17-5-4-6-18(21)12-17/h7-11,15,17-18H,4-6,12,21H2,1-3H3,(H,22,25). The minimum atomic E-state index is -0.0137. The lowest BCUT2D eigenvalue weighted by Crippen LogP contribution is -2.38. The van der Waals surface area contributed by atoms with E-state index in [1.165, 1.54) is 0 Å². The van der Waals surface area contributed by atoms with E-state index < -0.39 is 0 Å². The van der Waals surface area contributed by atoms with Crippen LogP contribution in [0.1, 0.15) is 55.6 Å². The second kappa shape index (κ2) is 7.40. The molecule has 134 valence electrons. The molecule has 1 saturated carbocycles. The fourth-order valence-electron chi connectivity index (χ4n) is 3.67. The SMILES string of the molecule is Cc1cc(C)n(-c2ccc(C(C)NC(=O)C3CCCC(N)C3)cc2)n1. The Labute approximate surface area is 149 Å². The second-order valence-electron chi connectivity index (χ2n) is 7.28. The fraction of sp³-hybridized carbons (Fsp3) is 0.500. The molecular formula is C20H28N4O. The zero-order chi connectivity index (χ0) is 18.0. The Kier molecular flexibility index (Phi) is 5.23. The van der Waals surface area contributed by atoms with Gasteiger partial charge in [0.25, 0.3) is 0 Å². The van der Waals surface area contributed by atoms with Crippen LogP contribution >= 0.6 is 0 Å². The molecule has 3 rings (SSSR count). The van der Waals surface area contributed by atoms with Gasteiger partial charge in [0.05, 0.1) is 17.4 Å². The quantitative estimate of drug-likeness (QED) is 0.898. The van der Waals surface area contributed by atoms with E-state index in [1.807, 2.05) is 37.6 Å². The molecule has 1 fully saturated rings. The second-order valence-corrected chi connectivity index (χ2v) is 7.28. The molecule has 5 heteroatoms. The molecule has 0 spiro atoms. The first-order chi connectivity index (χ1) is 11.9. The number of hydrogen-bond acceptors (Lipinski definition) is 3. The molecule has 25 heavy (non-hydrogen) atoms. The maximum Gasteiger partial charge on any atom is 0.223 e. The van der Waals surface area contributed by atoms with E-state index in [0.29, 0.717) is 0 Å². The van der Waals surface area contributed by atoms with Gasteiger partial charge in [-0.25, -0.2) is 4.68 Å². The van der Waals surface area contributed by atoms with Crippen molar-refractivity contribution in [1.82, 2.24) is 15.1 Å². The van der Waals surface area contributed by atoms with Crippen molar-refractivity contribution in [2.45, 2.75) is 58.5 Å². The van der Waals surface area contributed by atoms with Crippen LogP contribution in [0.3, 0.4) is 0 Å². The Balaban J connectivity index is 1.65. The minimum Gasteiger partial charge on any atom is -0.349 e. The summed E-state index contributed by atoms with van der Waals surface area (Å²) in [5.74, 6) is 0.186. The first-order valence-electron chi connectivity index (χ1n) is 9.13. The normalized spacial score (nSPS) is 21.8. The highest BCUT2D eigenvalue weighted by Crippen LogP contribution is 2.24. The van der Waals surface area contributed by atoms with E-state index in [1.54, 1.807) is 0 Å². The third kappa shape index (κ3) is 4.10. The van der Waals surface area contributed by atoms with Gasteiger partial charge in [-0.2, -0.15) is 5.10 Å². The third-order valence-electron chi connectivity index (χ3n) is 5.09. The lowest BCUT2D eigenvalue weighted by atomic mass is 9.85. The maximum atomic E-state index is 12.5. The summed E-state index contributed by atoms with van der Waals surface area (Å²) in [7, 11) is 0. The molecule has 3 atom stereocenters. The Morgan fingerprint density at radius 2 is 2.00 bits per heavy atom. The molecule has 5 nitrogen and oxygen atoms in total. The molecular weight excluding hydrogens is 312 g/mol. The van der Waals surface area contributed by atoms with Gasteiger partial charge in [-0.05, 0) is 63.8 Å². The van der Waals surface area contributed by atoms with Gasteiger partial charge in [-0.3, -0.25) is 4.79 Å². The predicted molar refractivity (Wildman–Crippen MR) is 99.5 cm³/mol. The van der Waals surface area contributed by atoms with E-state index in [2.05, 4.69) is 28.6 Å². The molecule has 0 saturated heterocycles. The molecule has 3 unspecified atom stereocenters. The predicted octanol–water partition coefficient (Wildman–Crippen LogP) is 3.18. The van der Waals surface area contributed by atoms with Crippen molar-refractivity contribution in [3.63, 3.8) is 0 Å². The van der Waals surface area contributed by atoms with E-state index in [-0.39, 0.29) is 23.9 Å². The summed E-state index contributed by atoms with van der Waals surface area (Å²) >= 11 is 0. The van der Waals surface area contributed by atoms with Gasteiger partial charge in [0.15, 0.2) is 0 Å². The minimum absolute atomic E-state index is 0.0137. The summed E-state index contributed by atoms with van der Waals surface area (Å²) in [6.45, 7) is 6.07. The summed E-state index contributed by atoms with van der Waals surface area (Å²) in [6.07, 6.45) is 3.83. The van der Waals surface area contributed by atoms with Gasteiger partial charge < -0.3 is 11.1 Å². The van der Waals surface area contributed by atoms with Crippen LogP contribution in [-0.4, -0.2) is 21.7 Å². The molecule has 3 N–H and O–H groups in total. The van der Waals surface area contributed by atoms with Crippen LogP contribution in [0.4, 0.5) is 0 Å². The van der Waals surface area contributed by atoms with Crippen molar-refractivity contribution in [2.75, 3.05) is 0 Å². The lowest BCUT2D eigenvalue weighted by Gasteiger charge is -2.27. The average Bonchev–Trinajstić information content (AvgIpc) is 2.93. The van der Waals surface area contributed by atoms with Gasteiger partial charge in [0.2, 0.25) is 5.91 Å². The number of rotatable bonds is 4. The number of nitrogens with one attached hydrogen (secondary N) is 1. The molecule has 0 aliphatic heterocycles. The van der Waals surface area contributed by atoms with Crippen molar-refractivity contribution >= 4 is 5.91 Å². The topological polar surface area (TPSA) is 72.9 Å². The number of benzene rings is 1. The van der Waals surface area contributed by atoms with Crippen LogP contribution in [-0.2, 0) is 4.79 Å². The monoisotopic (exact) mass is 340 g/mol. The number of carbonyl (C=O) groups is 1. The molecule has 1 heterocycles. The fourth-order valence-corrected chi connectivity index (χ4v) is 3.67. The average molecular weight is 340 g/mol. The van der Waals surface area contributed by atoms with Crippen LogP contribution < -0.4 is 11.1 Å². The van der Waals surface area contributed by atoms with Crippen LogP contribution in [0, 0.1) is 19.8 Å². The highest BCUT2D eigenvalue weighted by molar-refractivity contribution is 5.79. The van der Waals surface area contributed by atoms with Crippen molar-refractivity contribution in [3.8, 4) is 5.69 Å². The zero-order valence-electron chi connectivity index (χ0n) is 15.3. The van der Waals surface area contributed by atoms with Crippen molar-refractivity contribution < 1.29 is 4.79 Å². The summed E-state index contributed by atoms with van der Waals surface area (Å²) in [5.41, 5.74) is 10.3. The first kappa shape index (κ1) is 17.7. The van der Waals surface area contributed by atoms with Crippen LogP contribution in [0.2, 0.25) is 0 Å². The number of aryl methyl sites for hydroxylation is 2. The highest BCUT2D eigenvalue weighted by atomic mass is 16.1. The van der Waals surface area contributed by atoms with Crippen LogP contribution in [0.25, 0.3) is 5.69 Å². The molecule has 0 radical (unpaired) electrons. The summed E-state index contributed by atoms with van der Waals surface area (Å²) in [6, 6.07) is 10.4. The largest absolute Gasteiger partial charge is 0.349 e. The molecule has 1 aromatic carbocycles. The molecule has 1 aromatic heterocycles. The number of amides is 1. The molecule has 1 aliphatic rings. The lowest BCUT2D eigenvalue weighted by molar-refractivity contribution is -0.126. The van der Waals surface area contributed by atoms with Crippen molar-refractivity contribution in [2.24, 2.45) is 11.7 Å². The molecule has 2 aromatic rings. The van der Waals surface area contributed by atoms with E-state index in [4.69, 9.17) is 5.73 Å². The van der Waals surface area contributed by atoms with E-state index in [9.17, 15) is 4.79 Å². The number of nitrogens with zero attached hydrogens (tertiary/aromatic N) is 2. The smallest absolute Gasteiger partial charge is 0.223 e. The highest BCUT2D eigenvalue weighted by Gasteiger charge is 2.26. The Morgan fingerprint density at radius 1 is 1.28 bits per heavy atom. The number of hydrogen-bond donors (Lipinski definition) is 2. The summed E-state index contributed by atoms with van der Waals surface area (Å²) < 4.78 is 1.94. The summed E-state index contributed by atoms with van der Waals surface area (Å²) in [5, 5.41) is 7.65. The van der Waals surface area contributed by atoms with Gasteiger partial charge in [0.1, 0.15) is 0 Å². The molecule has 1 aliphatic carbocycles. The van der Waals surface area contributed by atoms with E-state index in [0.717, 1.165) is 48.3 Å². The summed E-state index contributed by atoms with van der Waals surface area (Å²) in [4.78, 5) is 12.5. The number of nitrogens with two attached hydrogens (primary N) is 1. The van der Waals surface area contributed by atoms with Crippen LogP contribution in [0.15, 0.2) is 30.3 Å². The molecule has 0 bridgehead atoms. The molecule has 1 amide bonds. The third-order valence-corrected chi connectivity index (χ3v) is 5.09. The Morgan fingerprint density at radius 3 is 2.60 bits per heavy atom. The van der Waals surface area contributed by atoms with Crippen molar-refractivity contribution in [3.05, 3.63) is 47.3 Å². The van der Waals surface area contributed by atoms with Gasteiger partial charge in [-0.1, -0.05) is 18.6 Å². The number of carbonyl (C=O) groups excluding carboxylic acids is 1. The van der Waals surface area contributed by atoms with Gasteiger partial charge in [0, 0.05) is 17.7 Å². The van der Waals surface area contributed by atoms with Gasteiger partial charge >= 0.3 is 0 Å². The van der Waals surface area contributed by atoms with Crippen LogP contribution in [0.5, 0.6) is 0 Å². The Hall–Kier alpha value is -2.14. The zero-order valence-corrected chi connectivity index (χ0v) is 15.3. The first-order valence-corrected chi connectivity index (χ1v) is 9.13. The van der Waals surface area contributed by atoms with Crippen molar-refractivity contribution in [1.29, 1.82) is 0 Å². The Bertz CT molecular complexity index is 735. The van der Waals surface area contributed by atoms with E-state index >= 15 is 0 Å². The maximum absolute atomic E-state index is 12.5.